The van der Waals surface area contributed by atoms with Crippen LogP contribution in [0.3, 0.4) is 0 Å². The molecule has 1 atom stereocenters. The number of Topliss-reactive ketones (excluding diaryl/α,β-unsaturated/α-hetero) is 1. The largest absolute Gasteiger partial charge is 0.507 e. The minimum atomic E-state index is -0.777. The van der Waals surface area contributed by atoms with Gasteiger partial charge in [0, 0.05) is 18.7 Å². The summed E-state index contributed by atoms with van der Waals surface area (Å²) in [6, 6.07) is 9.51. The van der Waals surface area contributed by atoms with Gasteiger partial charge in [0.2, 0.25) is 0 Å². The number of aliphatic hydroxyl groups is 1. The van der Waals surface area contributed by atoms with Crippen LogP contribution < -0.4 is 4.74 Å². The van der Waals surface area contributed by atoms with Gasteiger partial charge >= 0.3 is 0 Å². The lowest BCUT2D eigenvalue weighted by molar-refractivity contribution is -0.140. The number of carbonyl (C=O) groups excluding carboxylic acids is 2. The second kappa shape index (κ2) is 9.17. The minimum Gasteiger partial charge on any atom is -0.507 e. The number of hydrogen-bond acceptors (Lipinski definition) is 6. The molecule has 0 spiro atoms. The van der Waals surface area contributed by atoms with Crippen molar-refractivity contribution in [2.24, 2.45) is 0 Å². The molecule has 1 amide bonds. The Morgan fingerprint density at radius 1 is 1.20 bits per heavy atom. The fourth-order valence-electron chi connectivity index (χ4n) is 3.72. The summed E-state index contributed by atoms with van der Waals surface area (Å²) >= 11 is 0. The molecule has 7 heteroatoms. The van der Waals surface area contributed by atoms with Crippen molar-refractivity contribution in [3.8, 4) is 5.75 Å². The molecule has 2 heterocycles. The van der Waals surface area contributed by atoms with Crippen LogP contribution in [0.4, 0.5) is 0 Å². The molecule has 1 N–H and O–H groups in total. The Kier molecular flexibility index (Phi) is 6.62. The van der Waals surface area contributed by atoms with Gasteiger partial charge in [0.15, 0.2) is 0 Å². The smallest absolute Gasteiger partial charge is 0.295 e. The fraction of sp³-hybridized carbons (Fsp3) is 0.391. The summed E-state index contributed by atoms with van der Waals surface area (Å²) < 4.78 is 11.0. The molecule has 1 unspecified atom stereocenters. The van der Waals surface area contributed by atoms with Crippen LogP contribution in [0.15, 0.2) is 46.4 Å². The number of aliphatic hydroxyl groups excluding tert-OH is 1. The molecule has 7 nitrogen and oxygen atoms in total. The van der Waals surface area contributed by atoms with E-state index < -0.39 is 17.7 Å². The highest BCUT2D eigenvalue weighted by Crippen LogP contribution is 2.40. The molecule has 1 aromatic carbocycles. The van der Waals surface area contributed by atoms with E-state index in [0.717, 1.165) is 13.1 Å². The van der Waals surface area contributed by atoms with Crippen molar-refractivity contribution in [1.82, 2.24) is 9.80 Å². The topological polar surface area (TPSA) is 83.2 Å². The maximum Gasteiger partial charge on any atom is 0.295 e. The third-order valence-corrected chi connectivity index (χ3v) is 5.47. The van der Waals surface area contributed by atoms with Gasteiger partial charge in [-0.3, -0.25) is 9.59 Å². The fourth-order valence-corrected chi connectivity index (χ4v) is 3.72. The minimum absolute atomic E-state index is 0.0298. The van der Waals surface area contributed by atoms with Gasteiger partial charge in [-0.05, 0) is 44.3 Å². The summed E-state index contributed by atoms with van der Waals surface area (Å²) in [5.41, 5.74) is 0.437. The number of nitrogens with zero attached hydrogens (tertiary/aromatic N) is 2. The first-order chi connectivity index (χ1) is 14.4. The summed E-state index contributed by atoms with van der Waals surface area (Å²) in [4.78, 5) is 29.5. The zero-order valence-corrected chi connectivity index (χ0v) is 17.8. The van der Waals surface area contributed by atoms with Gasteiger partial charge in [-0.15, -0.1) is 0 Å². The zero-order chi connectivity index (χ0) is 21.8. The highest BCUT2D eigenvalue weighted by atomic mass is 16.5. The number of carbonyl (C=O) groups is 2. The Morgan fingerprint density at radius 3 is 2.53 bits per heavy atom. The van der Waals surface area contributed by atoms with Gasteiger partial charge in [0.25, 0.3) is 11.7 Å². The summed E-state index contributed by atoms with van der Waals surface area (Å²) in [5.74, 6) is 0.0767. The van der Waals surface area contributed by atoms with E-state index in [9.17, 15) is 14.7 Å². The number of benzene rings is 1. The molecular weight excluding hydrogens is 384 g/mol. The average Bonchev–Trinajstić information content (AvgIpc) is 3.29. The number of ketones is 1. The summed E-state index contributed by atoms with van der Waals surface area (Å²) in [6.45, 7) is 8.56. The third-order valence-electron chi connectivity index (χ3n) is 5.47. The third kappa shape index (κ3) is 4.11. The van der Waals surface area contributed by atoms with Gasteiger partial charge in [-0.25, -0.2) is 0 Å². The number of furan rings is 1. The molecule has 2 aromatic rings. The zero-order valence-electron chi connectivity index (χ0n) is 17.8. The average molecular weight is 412 g/mol. The maximum atomic E-state index is 13.0. The van der Waals surface area contributed by atoms with Crippen molar-refractivity contribution >= 4 is 17.4 Å². The number of ether oxygens (including phenoxy) is 1. The second-order valence-corrected chi connectivity index (χ2v) is 7.20. The highest BCUT2D eigenvalue weighted by Gasteiger charge is 2.47. The molecule has 3 rings (SSSR count). The van der Waals surface area contributed by atoms with Crippen LogP contribution in [-0.2, 0) is 9.59 Å². The van der Waals surface area contributed by atoms with Gasteiger partial charge in [-0.2, -0.15) is 0 Å². The van der Waals surface area contributed by atoms with Gasteiger partial charge in [0.1, 0.15) is 29.1 Å². The molecule has 1 aromatic heterocycles. The van der Waals surface area contributed by atoms with E-state index in [1.165, 1.54) is 12.0 Å². The normalized spacial score (nSPS) is 18.4. The van der Waals surface area contributed by atoms with Crippen LogP contribution in [0.2, 0.25) is 0 Å². The van der Waals surface area contributed by atoms with Crippen LogP contribution in [0.1, 0.15) is 37.0 Å². The first kappa shape index (κ1) is 21.6. The standard InChI is InChI=1S/C23H28N2O5/c1-5-24(6-2)12-13-25-20(18-11-10-15(3)30-18)19(22(27)23(25)28)21(26)16-8-7-9-17(14-16)29-4/h7-11,14,20,26H,5-6,12-13H2,1-4H3/b21-19+. The molecule has 0 bridgehead atoms. The lowest BCUT2D eigenvalue weighted by Gasteiger charge is -2.26. The van der Waals surface area contributed by atoms with E-state index in [-0.39, 0.29) is 11.3 Å². The van der Waals surface area contributed by atoms with E-state index in [0.29, 0.717) is 35.9 Å². The molecule has 1 fully saturated rings. The van der Waals surface area contributed by atoms with Crippen LogP contribution in [0, 0.1) is 6.92 Å². The molecule has 0 aliphatic carbocycles. The molecule has 1 aliphatic heterocycles. The number of aryl methyl sites for hydroxylation is 1. The molecular formula is C23H28N2O5. The van der Waals surface area contributed by atoms with Crippen molar-refractivity contribution in [2.45, 2.75) is 26.8 Å². The predicted octanol–water partition coefficient (Wildman–Crippen LogP) is 3.36. The highest BCUT2D eigenvalue weighted by molar-refractivity contribution is 6.46. The van der Waals surface area contributed by atoms with Crippen molar-refractivity contribution < 1.29 is 23.8 Å². The number of likely N-dealkylation sites (N-methyl/N-ethyl adjacent to an activating group) is 1. The number of methoxy groups -OCH3 is 1. The first-order valence-corrected chi connectivity index (χ1v) is 10.1. The lowest BCUT2D eigenvalue weighted by atomic mass is 9.99. The van der Waals surface area contributed by atoms with E-state index in [1.807, 2.05) is 13.8 Å². The molecule has 0 saturated carbocycles. The molecule has 160 valence electrons. The molecule has 1 aliphatic rings. The summed E-state index contributed by atoms with van der Waals surface area (Å²) in [7, 11) is 1.52. The van der Waals surface area contributed by atoms with E-state index in [1.54, 1.807) is 43.3 Å². The number of likely N-dealkylation sites (tertiary alicyclic amines) is 1. The summed E-state index contributed by atoms with van der Waals surface area (Å²) in [5, 5.41) is 11.0. The Labute approximate surface area is 176 Å². The molecule has 0 radical (unpaired) electrons. The lowest BCUT2D eigenvalue weighted by Crippen LogP contribution is -2.37. The van der Waals surface area contributed by atoms with E-state index in [2.05, 4.69) is 4.90 Å². The number of hydrogen-bond donors (Lipinski definition) is 1. The Balaban J connectivity index is 2.07. The SMILES string of the molecule is CCN(CC)CCN1C(=O)C(=O)/C(=C(/O)c2cccc(OC)c2)C1c1ccc(C)o1. The van der Waals surface area contributed by atoms with Crippen LogP contribution in [0.25, 0.3) is 5.76 Å². The van der Waals surface area contributed by atoms with Crippen LogP contribution in [-0.4, -0.2) is 59.9 Å². The number of rotatable bonds is 8. The van der Waals surface area contributed by atoms with E-state index >= 15 is 0 Å². The van der Waals surface area contributed by atoms with E-state index in [4.69, 9.17) is 9.15 Å². The second-order valence-electron chi connectivity index (χ2n) is 7.20. The molecule has 30 heavy (non-hydrogen) atoms. The van der Waals surface area contributed by atoms with Crippen molar-refractivity contribution in [3.05, 3.63) is 59.1 Å². The van der Waals surface area contributed by atoms with Gasteiger partial charge < -0.3 is 24.1 Å². The van der Waals surface area contributed by atoms with Crippen LogP contribution >= 0.6 is 0 Å². The van der Waals surface area contributed by atoms with Crippen LogP contribution in [0.5, 0.6) is 5.75 Å². The van der Waals surface area contributed by atoms with Gasteiger partial charge in [-0.1, -0.05) is 26.0 Å². The van der Waals surface area contributed by atoms with Crippen molar-refractivity contribution in [3.63, 3.8) is 0 Å². The Morgan fingerprint density at radius 2 is 1.93 bits per heavy atom. The van der Waals surface area contributed by atoms with Gasteiger partial charge in [0.05, 0.1) is 12.7 Å². The maximum absolute atomic E-state index is 13.0. The first-order valence-electron chi connectivity index (χ1n) is 10.1. The molecule has 1 saturated heterocycles. The number of amides is 1. The van der Waals surface area contributed by atoms with Crippen molar-refractivity contribution in [2.75, 3.05) is 33.3 Å². The Hall–Kier alpha value is -3.06. The van der Waals surface area contributed by atoms with Crippen molar-refractivity contribution in [1.29, 1.82) is 0 Å². The quantitative estimate of drug-likeness (QED) is 0.407. The monoisotopic (exact) mass is 412 g/mol. The Bertz CT molecular complexity index is 958. The predicted molar refractivity (Wildman–Crippen MR) is 113 cm³/mol. The summed E-state index contributed by atoms with van der Waals surface area (Å²) in [6.07, 6.45) is 0.